The van der Waals surface area contributed by atoms with Gasteiger partial charge in [0.1, 0.15) is 5.75 Å². The molecule has 0 saturated carbocycles. The zero-order valence-corrected chi connectivity index (χ0v) is 12.2. The van der Waals surface area contributed by atoms with Gasteiger partial charge in [-0.05, 0) is 17.7 Å². The maximum Gasteiger partial charge on any atom is 0.573 e. The highest BCUT2D eigenvalue weighted by atomic mass is 79.9. The van der Waals surface area contributed by atoms with Crippen LogP contribution >= 0.6 is 31.9 Å². The Hall–Kier alpha value is -0.560. The van der Waals surface area contributed by atoms with Crippen LogP contribution in [0.15, 0.2) is 18.2 Å². The summed E-state index contributed by atoms with van der Waals surface area (Å²) in [5.74, 6) is -0.855. The lowest BCUT2D eigenvalue weighted by Gasteiger charge is -2.13. The Balaban J connectivity index is 3.12. The van der Waals surface area contributed by atoms with Gasteiger partial charge in [0.15, 0.2) is 5.78 Å². The van der Waals surface area contributed by atoms with Gasteiger partial charge in [-0.2, -0.15) is 0 Å². The average molecular weight is 390 g/mol. The van der Waals surface area contributed by atoms with E-state index in [0.29, 0.717) is 16.2 Å². The summed E-state index contributed by atoms with van der Waals surface area (Å²) in [6, 6.07) is 4.03. The molecule has 0 spiro atoms. The van der Waals surface area contributed by atoms with E-state index >= 15 is 0 Å². The van der Waals surface area contributed by atoms with E-state index in [0.717, 1.165) is 6.07 Å². The fourth-order valence-corrected chi connectivity index (χ4v) is 2.02. The number of rotatable bonds is 5. The molecule has 1 rings (SSSR count). The Labute approximate surface area is 119 Å². The molecule has 1 aromatic carbocycles. The van der Waals surface area contributed by atoms with Crippen LogP contribution in [0.5, 0.6) is 5.75 Å². The van der Waals surface area contributed by atoms with Crippen LogP contribution in [0.1, 0.15) is 22.3 Å². The summed E-state index contributed by atoms with van der Waals surface area (Å²) in [7, 11) is 0. The molecule has 0 fully saturated rings. The lowest BCUT2D eigenvalue weighted by molar-refractivity contribution is -0.274. The molecule has 1 aromatic rings. The summed E-state index contributed by atoms with van der Waals surface area (Å²) >= 11 is 6.26. The average Bonchev–Trinajstić information content (AvgIpc) is 2.27. The molecule has 0 amide bonds. The predicted molar refractivity (Wildman–Crippen MR) is 68.5 cm³/mol. The van der Waals surface area contributed by atoms with Gasteiger partial charge in [0.05, 0.1) is 5.56 Å². The van der Waals surface area contributed by atoms with Crippen molar-refractivity contribution >= 4 is 37.6 Å². The van der Waals surface area contributed by atoms with E-state index < -0.39 is 17.9 Å². The van der Waals surface area contributed by atoms with E-state index in [9.17, 15) is 18.0 Å². The molecule has 0 aromatic heterocycles. The lowest BCUT2D eigenvalue weighted by atomic mass is 10.1. The van der Waals surface area contributed by atoms with Crippen molar-refractivity contribution in [2.24, 2.45) is 0 Å². The zero-order chi connectivity index (χ0) is 13.8. The second kappa shape index (κ2) is 6.56. The Morgan fingerprint density at radius 1 is 1.28 bits per heavy atom. The largest absolute Gasteiger partial charge is 0.573 e. The Morgan fingerprint density at radius 2 is 1.94 bits per heavy atom. The molecule has 0 aliphatic heterocycles. The summed E-state index contributed by atoms with van der Waals surface area (Å²) < 4.78 is 40.5. The maximum atomic E-state index is 12.2. The molecule has 0 aliphatic rings. The lowest BCUT2D eigenvalue weighted by Crippen LogP contribution is -2.19. The monoisotopic (exact) mass is 388 g/mol. The van der Waals surface area contributed by atoms with E-state index in [1.807, 2.05) is 0 Å². The van der Waals surface area contributed by atoms with Crippen LogP contribution in [0.2, 0.25) is 0 Å². The first-order valence-electron chi connectivity index (χ1n) is 4.91. The van der Waals surface area contributed by atoms with Gasteiger partial charge in [0.25, 0.3) is 0 Å². The van der Waals surface area contributed by atoms with E-state index in [2.05, 4.69) is 36.6 Å². The second-order valence-corrected chi connectivity index (χ2v) is 4.73. The number of carbonyl (C=O) groups excluding carboxylic acids is 1. The Bertz CT molecular complexity index is 433. The topological polar surface area (TPSA) is 26.3 Å². The van der Waals surface area contributed by atoms with E-state index in [1.165, 1.54) is 12.1 Å². The number of ether oxygens (including phenoxy) is 1. The van der Waals surface area contributed by atoms with Gasteiger partial charge in [-0.1, -0.05) is 37.9 Å². The minimum absolute atomic E-state index is 0.0521. The molecule has 0 aliphatic carbocycles. The summed E-state index contributed by atoms with van der Waals surface area (Å²) in [6.45, 7) is 0. The number of hydrogen-bond donors (Lipinski definition) is 0. The third-order valence-corrected chi connectivity index (χ3v) is 3.09. The summed E-state index contributed by atoms with van der Waals surface area (Å²) in [5, 5.41) is 0.837. The van der Waals surface area contributed by atoms with Crippen LogP contribution in [0.4, 0.5) is 13.2 Å². The summed E-state index contributed by atoms with van der Waals surface area (Å²) in [5.41, 5.74) is 0.658. The maximum absolute atomic E-state index is 12.2. The smallest absolute Gasteiger partial charge is 0.405 e. The number of ketones is 1. The van der Waals surface area contributed by atoms with Crippen molar-refractivity contribution in [1.82, 2.24) is 0 Å². The fourth-order valence-electron chi connectivity index (χ4n) is 1.31. The number of halogens is 5. The third kappa shape index (κ3) is 4.61. The first-order valence-corrected chi connectivity index (χ1v) is 7.15. The van der Waals surface area contributed by atoms with Crippen molar-refractivity contribution in [3.8, 4) is 5.75 Å². The molecule has 0 radical (unpaired) electrons. The molecule has 0 unspecified atom stereocenters. The van der Waals surface area contributed by atoms with Crippen LogP contribution < -0.4 is 4.74 Å². The first kappa shape index (κ1) is 15.5. The van der Waals surface area contributed by atoms with Gasteiger partial charge in [-0.3, -0.25) is 4.79 Å². The van der Waals surface area contributed by atoms with Crippen molar-refractivity contribution in [2.75, 3.05) is 5.33 Å². The predicted octanol–water partition coefficient (Wildman–Crippen LogP) is 4.45. The fraction of sp³-hybridized carbons (Fsp3) is 0.364. The van der Waals surface area contributed by atoms with Crippen molar-refractivity contribution in [3.63, 3.8) is 0 Å². The Kier molecular flexibility index (Phi) is 5.65. The molecule has 100 valence electrons. The Morgan fingerprint density at radius 3 is 2.44 bits per heavy atom. The van der Waals surface area contributed by atoms with E-state index in [4.69, 9.17) is 0 Å². The van der Waals surface area contributed by atoms with Crippen molar-refractivity contribution in [3.05, 3.63) is 29.3 Å². The second-order valence-electron chi connectivity index (χ2n) is 3.37. The molecule has 0 N–H and O–H groups in total. The minimum atomic E-state index is -4.81. The van der Waals surface area contributed by atoms with Crippen molar-refractivity contribution < 1.29 is 22.7 Å². The van der Waals surface area contributed by atoms with Gasteiger partial charge in [0.2, 0.25) is 0 Å². The van der Waals surface area contributed by atoms with Gasteiger partial charge in [-0.25, -0.2) is 0 Å². The standard InChI is InChI=1S/C11H9Br2F3O2/c12-4-3-9(17)8-5-7(6-13)1-2-10(8)18-11(14,15)16/h1-2,5H,3-4,6H2. The van der Waals surface area contributed by atoms with Crippen molar-refractivity contribution in [1.29, 1.82) is 0 Å². The van der Waals surface area contributed by atoms with Crippen LogP contribution in [-0.2, 0) is 5.33 Å². The number of benzene rings is 1. The van der Waals surface area contributed by atoms with Gasteiger partial charge < -0.3 is 4.74 Å². The quantitative estimate of drug-likeness (QED) is 0.549. The number of carbonyl (C=O) groups is 1. The molecule has 0 atom stereocenters. The highest BCUT2D eigenvalue weighted by Gasteiger charge is 2.32. The zero-order valence-electron chi connectivity index (χ0n) is 9.06. The number of Topliss-reactive ketones (excluding diaryl/α,β-unsaturated/α-hetero) is 1. The normalized spacial score (nSPS) is 11.4. The van der Waals surface area contributed by atoms with E-state index in [-0.39, 0.29) is 12.0 Å². The van der Waals surface area contributed by atoms with Gasteiger partial charge in [0, 0.05) is 17.1 Å². The third-order valence-electron chi connectivity index (χ3n) is 2.05. The van der Waals surface area contributed by atoms with Gasteiger partial charge >= 0.3 is 6.36 Å². The molecule has 18 heavy (non-hydrogen) atoms. The molecular weight excluding hydrogens is 381 g/mol. The molecule has 0 saturated heterocycles. The summed E-state index contributed by atoms with van der Waals surface area (Å²) in [4.78, 5) is 11.7. The molecule has 7 heteroatoms. The SMILES string of the molecule is O=C(CCBr)c1cc(CBr)ccc1OC(F)(F)F. The van der Waals surface area contributed by atoms with Crippen LogP contribution in [0.25, 0.3) is 0 Å². The van der Waals surface area contributed by atoms with Crippen LogP contribution in [0.3, 0.4) is 0 Å². The molecule has 0 heterocycles. The minimum Gasteiger partial charge on any atom is -0.405 e. The number of alkyl halides is 5. The highest BCUT2D eigenvalue weighted by molar-refractivity contribution is 9.09. The highest BCUT2D eigenvalue weighted by Crippen LogP contribution is 2.28. The van der Waals surface area contributed by atoms with Crippen molar-refractivity contribution in [2.45, 2.75) is 18.1 Å². The van der Waals surface area contributed by atoms with Gasteiger partial charge in [-0.15, -0.1) is 13.2 Å². The molecule has 2 nitrogen and oxygen atoms in total. The number of hydrogen-bond acceptors (Lipinski definition) is 2. The van der Waals surface area contributed by atoms with E-state index in [1.54, 1.807) is 0 Å². The molecular formula is C11H9Br2F3O2. The summed E-state index contributed by atoms with van der Waals surface area (Å²) in [6.07, 6.45) is -4.70. The molecule has 0 bridgehead atoms. The van der Waals surface area contributed by atoms with Crippen LogP contribution in [-0.4, -0.2) is 17.5 Å². The van der Waals surface area contributed by atoms with Crippen LogP contribution in [0, 0.1) is 0 Å². The first-order chi connectivity index (χ1) is 8.37.